The van der Waals surface area contributed by atoms with Crippen molar-refractivity contribution in [2.45, 2.75) is 25.7 Å². The molecule has 2 aromatic rings. The van der Waals surface area contributed by atoms with Crippen LogP contribution in [-0.2, 0) is 12.8 Å². The van der Waals surface area contributed by atoms with Gasteiger partial charge < -0.3 is 0 Å². The van der Waals surface area contributed by atoms with E-state index in [1.165, 1.54) is 16.8 Å². The average Bonchev–Trinajstić information content (AvgIpc) is 2.90. The van der Waals surface area contributed by atoms with Crippen LogP contribution >= 0.6 is 0 Å². The molecule has 0 spiro atoms. The van der Waals surface area contributed by atoms with Gasteiger partial charge in [-0.05, 0) is 37.3 Å². The van der Waals surface area contributed by atoms with Crippen molar-refractivity contribution in [3.63, 3.8) is 0 Å². The van der Waals surface area contributed by atoms with Crippen molar-refractivity contribution in [3.8, 4) is 5.69 Å². The summed E-state index contributed by atoms with van der Waals surface area (Å²) in [5.74, 6) is 0. The fourth-order valence-corrected chi connectivity index (χ4v) is 2.65. The molecule has 8 nitrogen and oxygen atoms in total. The second kappa shape index (κ2) is 4.97. The Morgan fingerprint density at radius 1 is 1.10 bits per heavy atom. The van der Waals surface area contributed by atoms with Crippen LogP contribution in [0.1, 0.15) is 24.1 Å². The van der Waals surface area contributed by atoms with Gasteiger partial charge in [0.15, 0.2) is 0 Å². The summed E-state index contributed by atoms with van der Waals surface area (Å²) >= 11 is 0. The molecule has 0 N–H and O–H groups in total. The molecule has 0 radical (unpaired) electrons. The lowest BCUT2D eigenvalue weighted by Gasteiger charge is -2.13. The molecule has 0 saturated heterocycles. The Hall–Kier alpha value is -2.77. The van der Waals surface area contributed by atoms with Gasteiger partial charge in [-0.3, -0.25) is 20.2 Å². The summed E-state index contributed by atoms with van der Waals surface area (Å²) in [7, 11) is 0. The maximum absolute atomic E-state index is 11.2. The summed E-state index contributed by atoms with van der Waals surface area (Å²) in [5, 5.41) is 26.2. The van der Waals surface area contributed by atoms with E-state index in [4.69, 9.17) is 0 Å². The molecule has 1 aromatic heterocycles. The van der Waals surface area contributed by atoms with E-state index in [9.17, 15) is 20.2 Å². The maximum Gasteiger partial charge on any atom is 0.301 e. The molecule has 0 aliphatic heterocycles. The van der Waals surface area contributed by atoms with Crippen LogP contribution in [0.5, 0.6) is 0 Å². The SMILES string of the molecule is O=[N+]([O-])c1ccc(-n2ncc3c2CCCC3)c([N+](=O)[O-])c1. The Morgan fingerprint density at radius 2 is 1.86 bits per heavy atom. The molecule has 21 heavy (non-hydrogen) atoms. The van der Waals surface area contributed by atoms with Crippen molar-refractivity contribution in [2.24, 2.45) is 0 Å². The van der Waals surface area contributed by atoms with E-state index in [0.29, 0.717) is 0 Å². The van der Waals surface area contributed by atoms with E-state index >= 15 is 0 Å². The third-order valence-corrected chi connectivity index (χ3v) is 3.66. The molecule has 8 heteroatoms. The predicted octanol–water partition coefficient (Wildman–Crippen LogP) is 2.57. The van der Waals surface area contributed by atoms with Crippen LogP contribution in [-0.4, -0.2) is 19.6 Å². The van der Waals surface area contributed by atoms with Crippen molar-refractivity contribution in [2.75, 3.05) is 0 Å². The topological polar surface area (TPSA) is 104 Å². The number of hydrogen-bond donors (Lipinski definition) is 0. The van der Waals surface area contributed by atoms with Gasteiger partial charge in [-0.15, -0.1) is 0 Å². The minimum Gasteiger partial charge on any atom is -0.258 e. The number of hydrogen-bond acceptors (Lipinski definition) is 5. The van der Waals surface area contributed by atoms with Gasteiger partial charge in [0, 0.05) is 11.8 Å². The first-order valence-electron chi connectivity index (χ1n) is 6.57. The molecule has 1 aliphatic rings. The number of nitro groups is 2. The third-order valence-electron chi connectivity index (χ3n) is 3.66. The Balaban J connectivity index is 2.16. The van der Waals surface area contributed by atoms with Crippen molar-refractivity contribution < 1.29 is 9.85 Å². The summed E-state index contributed by atoms with van der Waals surface area (Å²) in [6.45, 7) is 0. The van der Waals surface area contributed by atoms with Gasteiger partial charge in [-0.25, -0.2) is 4.68 Å². The largest absolute Gasteiger partial charge is 0.301 e. The van der Waals surface area contributed by atoms with Crippen LogP contribution in [0.3, 0.4) is 0 Å². The van der Waals surface area contributed by atoms with Crippen molar-refractivity contribution in [1.29, 1.82) is 0 Å². The summed E-state index contributed by atoms with van der Waals surface area (Å²) in [6, 6.07) is 3.63. The zero-order valence-corrected chi connectivity index (χ0v) is 11.1. The number of non-ortho nitro benzene ring substituents is 1. The Morgan fingerprint density at radius 3 is 2.57 bits per heavy atom. The molecule has 108 valence electrons. The monoisotopic (exact) mass is 288 g/mol. The van der Waals surface area contributed by atoms with E-state index in [1.807, 2.05) is 0 Å². The summed E-state index contributed by atoms with van der Waals surface area (Å²) in [4.78, 5) is 20.7. The Bertz CT molecular complexity index is 738. The van der Waals surface area contributed by atoms with Gasteiger partial charge in [0.25, 0.3) is 5.69 Å². The van der Waals surface area contributed by atoms with Gasteiger partial charge in [0.05, 0.1) is 22.1 Å². The minimum absolute atomic E-state index is 0.272. The Labute approximate surface area is 119 Å². The number of fused-ring (bicyclic) bond motifs is 1. The van der Waals surface area contributed by atoms with Gasteiger partial charge in [0.1, 0.15) is 5.69 Å². The molecule has 0 saturated carbocycles. The summed E-state index contributed by atoms with van der Waals surface area (Å²) < 4.78 is 1.54. The lowest BCUT2D eigenvalue weighted by molar-refractivity contribution is -0.394. The van der Waals surface area contributed by atoms with Gasteiger partial charge in [-0.2, -0.15) is 5.10 Å². The molecule has 0 fully saturated rings. The first-order chi connectivity index (χ1) is 10.1. The van der Waals surface area contributed by atoms with Crippen LogP contribution in [0.25, 0.3) is 5.69 Å². The highest BCUT2D eigenvalue weighted by Gasteiger charge is 2.24. The van der Waals surface area contributed by atoms with Crippen LogP contribution in [0.2, 0.25) is 0 Å². The molecule has 0 unspecified atom stereocenters. The van der Waals surface area contributed by atoms with Crippen molar-refractivity contribution in [3.05, 3.63) is 55.9 Å². The highest BCUT2D eigenvalue weighted by Crippen LogP contribution is 2.31. The quantitative estimate of drug-likeness (QED) is 0.637. The molecule has 0 atom stereocenters. The molecule has 3 rings (SSSR count). The van der Waals surface area contributed by atoms with Gasteiger partial charge in [0.2, 0.25) is 0 Å². The molecule has 0 amide bonds. The average molecular weight is 288 g/mol. The van der Waals surface area contributed by atoms with Crippen molar-refractivity contribution in [1.82, 2.24) is 9.78 Å². The fourth-order valence-electron chi connectivity index (χ4n) is 2.65. The van der Waals surface area contributed by atoms with Gasteiger partial charge >= 0.3 is 5.69 Å². The minimum atomic E-state index is -0.644. The highest BCUT2D eigenvalue weighted by atomic mass is 16.6. The molecule has 0 bridgehead atoms. The first-order valence-corrected chi connectivity index (χ1v) is 6.57. The zero-order valence-electron chi connectivity index (χ0n) is 11.1. The number of rotatable bonds is 3. The lowest BCUT2D eigenvalue weighted by atomic mass is 9.98. The number of nitrogens with zero attached hydrogens (tertiary/aromatic N) is 4. The zero-order chi connectivity index (χ0) is 15.0. The van der Waals surface area contributed by atoms with Crippen molar-refractivity contribution >= 4 is 11.4 Å². The summed E-state index contributed by atoms with van der Waals surface area (Å²) in [5.41, 5.74) is 1.72. The second-order valence-corrected chi connectivity index (χ2v) is 4.92. The third kappa shape index (κ3) is 2.24. The second-order valence-electron chi connectivity index (χ2n) is 4.92. The molecule has 1 aromatic carbocycles. The molecule has 1 aliphatic carbocycles. The van der Waals surface area contributed by atoms with Crippen LogP contribution in [0.4, 0.5) is 11.4 Å². The van der Waals surface area contributed by atoms with E-state index in [0.717, 1.165) is 43.0 Å². The van der Waals surface area contributed by atoms with Crippen LogP contribution in [0.15, 0.2) is 24.4 Å². The Kier molecular flexibility index (Phi) is 3.13. The van der Waals surface area contributed by atoms with Gasteiger partial charge in [-0.1, -0.05) is 0 Å². The number of benzene rings is 1. The van der Waals surface area contributed by atoms with Crippen LogP contribution < -0.4 is 0 Å². The number of aryl methyl sites for hydroxylation is 1. The lowest BCUT2D eigenvalue weighted by Crippen LogP contribution is -2.09. The standard InChI is InChI=1S/C13H12N4O4/c18-16(19)10-5-6-12(13(7-10)17(20)21)15-11-4-2-1-3-9(11)8-14-15/h5-8H,1-4H2. The van der Waals surface area contributed by atoms with E-state index in [2.05, 4.69) is 5.10 Å². The molecular weight excluding hydrogens is 276 g/mol. The number of nitro benzene ring substituents is 2. The fraction of sp³-hybridized carbons (Fsp3) is 0.308. The van der Waals surface area contributed by atoms with E-state index in [1.54, 1.807) is 6.20 Å². The van der Waals surface area contributed by atoms with E-state index < -0.39 is 9.85 Å². The van der Waals surface area contributed by atoms with E-state index in [-0.39, 0.29) is 17.1 Å². The smallest absolute Gasteiger partial charge is 0.258 e. The molecule has 1 heterocycles. The first kappa shape index (κ1) is 13.2. The molecular formula is C13H12N4O4. The predicted molar refractivity (Wildman–Crippen MR) is 73.5 cm³/mol. The number of aromatic nitrogens is 2. The van der Waals surface area contributed by atoms with Crippen LogP contribution in [0, 0.1) is 20.2 Å². The highest BCUT2D eigenvalue weighted by molar-refractivity contribution is 5.58. The normalized spacial score (nSPS) is 13.7. The summed E-state index contributed by atoms with van der Waals surface area (Å²) in [6.07, 6.45) is 5.54. The maximum atomic E-state index is 11.2.